The molecule has 0 saturated heterocycles. The highest BCUT2D eigenvalue weighted by molar-refractivity contribution is 6.30. The van der Waals surface area contributed by atoms with Crippen LogP contribution >= 0.6 is 11.6 Å². The van der Waals surface area contributed by atoms with E-state index in [-0.39, 0.29) is 12.1 Å². The summed E-state index contributed by atoms with van der Waals surface area (Å²) >= 11 is 6.05. The number of benzene rings is 2. The third-order valence-electron chi connectivity index (χ3n) is 4.34. The second-order valence-corrected chi connectivity index (χ2v) is 6.36. The summed E-state index contributed by atoms with van der Waals surface area (Å²) in [7, 11) is 0. The molecular formula is C18H20ClNO. The molecule has 0 fully saturated rings. The Morgan fingerprint density at radius 3 is 2.48 bits per heavy atom. The van der Waals surface area contributed by atoms with Gasteiger partial charge in [-0.15, -0.1) is 0 Å². The first kappa shape index (κ1) is 14.4. The highest BCUT2D eigenvalue weighted by Gasteiger charge is 2.28. The van der Waals surface area contributed by atoms with Crippen LogP contribution in [0.15, 0.2) is 30.3 Å². The molecule has 0 saturated carbocycles. The van der Waals surface area contributed by atoms with Crippen LogP contribution in [-0.4, -0.2) is 0 Å². The zero-order chi connectivity index (χ0) is 15.1. The standard InChI is InChI=1S/C18H20ClNO/c1-10-6-12(3)14(7-11(10)2)18-9-16(20)15-8-13(19)4-5-17(15)21-18/h4-8,16,18H,9,20H2,1-3H3/t16-,18?/m1/s1. The SMILES string of the molecule is Cc1cc(C)c(C2C[C@@H](N)c3cc(Cl)ccc3O2)cc1C. The van der Waals surface area contributed by atoms with Gasteiger partial charge in [0, 0.05) is 23.0 Å². The molecule has 0 radical (unpaired) electrons. The van der Waals surface area contributed by atoms with Crippen molar-refractivity contribution in [2.24, 2.45) is 5.73 Å². The maximum Gasteiger partial charge on any atom is 0.126 e. The van der Waals surface area contributed by atoms with E-state index in [4.69, 9.17) is 22.1 Å². The number of halogens is 1. The molecule has 0 bridgehead atoms. The Morgan fingerprint density at radius 1 is 1.00 bits per heavy atom. The van der Waals surface area contributed by atoms with Crippen LogP contribution in [0.3, 0.4) is 0 Å². The van der Waals surface area contributed by atoms with E-state index in [9.17, 15) is 0 Å². The second-order valence-electron chi connectivity index (χ2n) is 5.92. The van der Waals surface area contributed by atoms with Crippen LogP contribution in [-0.2, 0) is 0 Å². The smallest absolute Gasteiger partial charge is 0.126 e. The van der Waals surface area contributed by atoms with Gasteiger partial charge in [0.15, 0.2) is 0 Å². The number of aryl methyl sites for hydroxylation is 3. The Bertz CT molecular complexity index is 696. The number of fused-ring (bicyclic) bond motifs is 1. The fourth-order valence-electron chi connectivity index (χ4n) is 3.00. The number of nitrogens with two attached hydrogens (primary N) is 1. The van der Waals surface area contributed by atoms with Crippen LogP contribution in [0.25, 0.3) is 0 Å². The maximum atomic E-state index is 6.32. The summed E-state index contributed by atoms with van der Waals surface area (Å²) in [5, 5.41) is 0.702. The Hall–Kier alpha value is -1.51. The van der Waals surface area contributed by atoms with E-state index in [0.717, 1.165) is 17.7 Å². The molecule has 0 aromatic heterocycles. The van der Waals surface area contributed by atoms with Gasteiger partial charge in [0.1, 0.15) is 11.9 Å². The molecule has 1 heterocycles. The summed E-state index contributed by atoms with van der Waals surface area (Å²) in [5.74, 6) is 0.848. The van der Waals surface area contributed by atoms with Crippen LogP contribution in [0.4, 0.5) is 0 Å². The van der Waals surface area contributed by atoms with Crippen molar-refractivity contribution in [1.82, 2.24) is 0 Å². The molecule has 0 aliphatic carbocycles. The monoisotopic (exact) mass is 301 g/mol. The molecule has 3 heteroatoms. The topological polar surface area (TPSA) is 35.2 Å². The molecular weight excluding hydrogens is 282 g/mol. The first-order chi connectivity index (χ1) is 9.95. The molecule has 1 unspecified atom stereocenters. The first-order valence-corrected chi connectivity index (χ1v) is 7.63. The van der Waals surface area contributed by atoms with Gasteiger partial charge < -0.3 is 10.5 Å². The minimum Gasteiger partial charge on any atom is -0.485 e. The molecule has 21 heavy (non-hydrogen) atoms. The maximum absolute atomic E-state index is 6.32. The summed E-state index contributed by atoms with van der Waals surface area (Å²) < 4.78 is 6.18. The van der Waals surface area contributed by atoms with Crippen LogP contribution in [0, 0.1) is 20.8 Å². The van der Waals surface area contributed by atoms with Crippen molar-refractivity contribution in [3.8, 4) is 5.75 Å². The van der Waals surface area contributed by atoms with Crippen LogP contribution in [0.2, 0.25) is 5.02 Å². The van der Waals surface area contributed by atoms with Crippen molar-refractivity contribution in [2.45, 2.75) is 39.3 Å². The van der Waals surface area contributed by atoms with E-state index in [0.29, 0.717) is 5.02 Å². The van der Waals surface area contributed by atoms with E-state index in [1.807, 2.05) is 18.2 Å². The lowest BCUT2D eigenvalue weighted by Gasteiger charge is -2.31. The Balaban J connectivity index is 1.99. The first-order valence-electron chi connectivity index (χ1n) is 7.25. The minimum absolute atomic E-state index is 0.00738. The van der Waals surface area contributed by atoms with Gasteiger partial charge in [0.05, 0.1) is 0 Å². The lowest BCUT2D eigenvalue weighted by Crippen LogP contribution is -2.24. The highest BCUT2D eigenvalue weighted by atomic mass is 35.5. The molecule has 0 spiro atoms. The van der Waals surface area contributed by atoms with Gasteiger partial charge in [-0.2, -0.15) is 0 Å². The van der Waals surface area contributed by atoms with E-state index in [2.05, 4.69) is 32.9 Å². The molecule has 2 aromatic carbocycles. The average molecular weight is 302 g/mol. The van der Waals surface area contributed by atoms with Crippen LogP contribution in [0.1, 0.15) is 46.4 Å². The molecule has 2 aromatic rings. The minimum atomic E-state index is -0.0431. The number of ether oxygens (including phenoxy) is 1. The number of hydrogen-bond acceptors (Lipinski definition) is 2. The van der Waals surface area contributed by atoms with Crippen molar-refractivity contribution in [2.75, 3.05) is 0 Å². The van der Waals surface area contributed by atoms with E-state index >= 15 is 0 Å². The number of hydrogen-bond donors (Lipinski definition) is 1. The highest BCUT2D eigenvalue weighted by Crippen LogP contribution is 2.41. The predicted molar refractivity (Wildman–Crippen MR) is 87.0 cm³/mol. The fraction of sp³-hybridized carbons (Fsp3) is 0.333. The van der Waals surface area contributed by atoms with Crippen LogP contribution in [0.5, 0.6) is 5.75 Å². The van der Waals surface area contributed by atoms with Gasteiger partial charge in [-0.3, -0.25) is 0 Å². The van der Waals surface area contributed by atoms with Gasteiger partial charge in [-0.05, 0) is 61.2 Å². The predicted octanol–water partition coefficient (Wildman–Crippen LogP) is 4.79. The van der Waals surface area contributed by atoms with Crippen molar-refractivity contribution in [3.05, 3.63) is 63.2 Å². The van der Waals surface area contributed by atoms with E-state index in [1.165, 1.54) is 22.3 Å². The largest absolute Gasteiger partial charge is 0.485 e. The molecule has 2 atom stereocenters. The Labute approximate surface area is 130 Å². The molecule has 2 nitrogen and oxygen atoms in total. The molecule has 2 N–H and O–H groups in total. The summed E-state index contributed by atoms with van der Waals surface area (Å²) in [6.45, 7) is 6.40. The summed E-state index contributed by atoms with van der Waals surface area (Å²) in [4.78, 5) is 0. The Morgan fingerprint density at radius 2 is 1.71 bits per heavy atom. The van der Waals surface area contributed by atoms with Gasteiger partial charge in [-0.1, -0.05) is 23.7 Å². The van der Waals surface area contributed by atoms with Crippen molar-refractivity contribution in [3.63, 3.8) is 0 Å². The Kier molecular flexibility index (Phi) is 3.68. The average Bonchev–Trinajstić information content (AvgIpc) is 2.43. The van der Waals surface area contributed by atoms with Gasteiger partial charge >= 0.3 is 0 Å². The fourth-order valence-corrected chi connectivity index (χ4v) is 3.18. The quantitative estimate of drug-likeness (QED) is 0.822. The van der Waals surface area contributed by atoms with Crippen molar-refractivity contribution in [1.29, 1.82) is 0 Å². The summed E-state index contributed by atoms with van der Waals surface area (Å²) in [5.41, 5.74) is 12.4. The molecule has 3 rings (SSSR count). The lowest BCUT2D eigenvalue weighted by atomic mass is 9.90. The van der Waals surface area contributed by atoms with Gasteiger partial charge in [-0.25, -0.2) is 0 Å². The summed E-state index contributed by atoms with van der Waals surface area (Å²) in [6, 6.07) is 10.1. The van der Waals surface area contributed by atoms with Crippen LogP contribution < -0.4 is 10.5 Å². The zero-order valence-electron chi connectivity index (χ0n) is 12.6. The molecule has 0 amide bonds. The zero-order valence-corrected chi connectivity index (χ0v) is 13.4. The van der Waals surface area contributed by atoms with E-state index in [1.54, 1.807) is 0 Å². The molecule has 1 aliphatic heterocycles. The second kappa shape index (κ2) is 5.36. The van der Waals surface area contributed by atoms with Crippen molar-refractivity contribution < 1.29 is 4.74 Å². The summed E-state index contributed by atoms with van der Waals surface area (Å²) in [6.07, 6.45) is 0.782. The lowest BCUT2D eigenvalue weighted by molar-refractivity contribution is 0.161. The van der Waals surface area contributed by atoms with Gasteiger partial charge in [0.25, 0.3) is 0 Å². The van der Waals surface area contributed by atoms with E-state index < -0.39 is 0 Å². The van der Waals surface area contributed by atoms with Gasteiger partial charge in [0.2, 0.25) is 0 Å². The van der Waals surface area contributed by atoms with Crippen molar-refractivity contribution >= 4 is 11.6 Å². The molecule has 1 aliphatic rings. The number of rotatable bonds is 1. The molecule has 110 valence electrons. The normalized spacial score (nSPS) is 20.8. The third-order valence-corrected chi connectivity index (χ3v) is 4.57. The third kappa shape index (κ3) is 2.66.